The average Bonchev–Trinajstić information content (AvgIpc) is 3.45. The summed E-state index contributed by atoms with van der Waals surface area (Å²) in [6.07, 6.45) is 5.08. The number of aliphatic hydroxyl groups excluding tert-OH is 1. The molecule has 3 aromatic carbocycles. The van der Waals surface area contributed by atoms with Crippen LogP contribution >= 0.6 is 0 Å². The number of aryl methyl sites for hydroxylation is 2. The van der Waals surface area contributed by atoms with Gasteiger partial charge in [-0.2, -0.15) is 5.10 Å². The maximum Gasteiger partial charge on any atom is 0.269 e. The Morgan fingerprint density at radius 2 is 1.95 bits per heavy atom. The van der Waals surface area contributed by atoms with Crippen LogP contribution < -0.4 is 10.9 Å². The van der Waals surface area contributed by atoms with Gasteiger partial charge in [-0.05, 0) is 64.4 Å². The molecule has 1 amide bonds. The zero-order chi connectivity index (χ0) is 31.5. The standard InChI is InChI=1S/C33H34N6O5/c1-20-13-23(6-9-28(20)21(2)19-40)31(36-26-7-5-22-11-12-34-32(41)30(22)15-26)33(42)37(3)17-24-14-27(39(43)44)8-10-29(24)25-16-35-38(4)18-25/h5-16,18,21,31,36,40H,17,19H2,1-4H3,(H,34,41). The van der Waals surface area contributed by atoms with Crippen LogP contribution in [0.3, 0.4) is 0 Å². The Labute approximate surface area is 253 Å². The molecule has 0 radical (unpaired) electrons. The number of anilines is 1. The van der Waals surface area contributed by atoms with Crippen LogP contribution in [0.25, 0.3) is 21.9 Å². The second kappa shape index (κ2) is 12.5. The van der Waals surface area contributed by atoms with Gasteiger partial charge in [0.15, 0.2) is 0 Å². The fraction of sp³-hybridized carbons (Fsp3) is 0.242. The van der Waals surface area contributed by atoms with Crippen LogP contribution in [0.4, 0.5) is 11.4 Å². The van der Waals surface area contributed by atoms with Crippen molar-refractivity contribution in [3.05, 3.63) is 122 Å². The van der Waals surface area contributed by atoms with E-state index < -0.39 is 11.0 Å². The summed E-state index contributed by atoms with van der Waals surface area (Å²) in [5.41, 5.74) is 4.98. The first-order valence-corrected chi connectivity index (χ1v) is 14.2. The van der Waals surface area contributed by atoms with E-state index >= 15 is 0 Å². The van der Waals surface area contributed by atoms with Gasteiger partial charge in [-0.25, -0.2) is 0 Å². The SMILES string of the molecule is Cc1cc(C(Nc2ccc3cc[nH]c(=O)c3c2)C(=O)N(C)Cc2cc([N+](=O)[O-])ccc2-c2cnn(C)c2)ccc1C(C)CO. The molecule has 0 spiro atoms. The van der Waals surface area contributed by atoms with Crippen molar-refractivity contribution in [1.82, 2.24) is 19.7 Å². The molecular formula is C33H34N6O5. The number of likely N-dealkylation sites (N-methyl/N-ethyl adjacent to an activating group) is 1. The van der Waals surface area contributed by atoms with Crippen molar-refractivity contribution in [2.24, 2.45) is 7.05 Å². The highest BCUT2D eigenvalue weighted by Crippen LogP contribution is 2.31. The van der Waals surface area contributed by atoms with Gasteiger partial charge < -0.3 is 20.3 Å². The monoisotopic (exact) mass is 594 g/mol. The molecule has 3 N–H and O–H groups in total. The van der Waals surface area contributed by atoms with E-state index in [2.05, 4.69) is 15.4 Å². The molecule has 0 aliphatic carbocycles. The number of benzene rings is 3. The molecule has 2 atom stereocenters. The van der Waals surface area contributed by atoms with E-state index in [0.29, 0.717) is 22.2 Å². The summed E-state index contributed by atoms with van der Waals surface area (Å²) in [7, 11) is 3.44. The Morgan fingerprint density at radius 1 is 1.16 bits per heavy atom. The molecule has 0 saturated carbocycles. The molecule has 11 heteroatoms. The third-order valence-corrected chi connectivity index (χ3v) is 7.86. The number of pyridine rings is 1. The number of fused-ring (bicyclic) bond motifs is 1. The highest BCUT2D eigenvalue weighted by molar-refractivity contribution is 5.89. The minimum Gasteiger partial charge on any atom is -0.396 e. The molecule has 0 bridgehead atoms. The number of nitro benzene ring substituents is 1. The largest absolute Gasteiger partial charge is 0.396 e. The second-order valence-corrected chi connectivity index (χ2v) is 11.1. The average molecular weight is 595 g/mol. The van der Waals surface area contributed by atoms with Crippen LogP contribution in [-0.4, -0.2) is 49.3 Å². The number of nitrogens with one attached hydrogen (secondary N) is 2. The summed E-state index contributed by atoms with van der Waals surface area (Å²) < 4.78 is 1.65. The van der Waals surface area contributed by atoms with Crippen molar-refractivity contribution in [3.63, 3.8) is 0 Å². The van der Waals surface area contributed by atoms with E-state index in [1.54, 1.807) is 49.4 Å². The molecule has 11 nitrogen and oxygen atoms in total. The summed E-state index contributed by atoms with van der Waals surface area (Å²) in [6, 6.07) is 16.6. The van der Waals surface area contributed by atoms with Crippen LogP contribution in [0, 0.1) is 17.0 Å². The molecule has 2 heterocycles. The normalized spacial score (nSPS) is 12.6. The summed E-state index contributed by atoms with van der Waals surface area (Å²) in [5.74, 6) is -0.348. The number of aromatic nitrogens is 3. The van der Waals surface area contributed by atoms with Crippen molar-refractivity contribution < 1.29 is 14.8 Å². The number of hydrogen-bond acceptors (Lipinski definition) is 7. The third kappa shape index (κ3) is 6.23. The summed E-state index contributed by atoms with van der Waals surface area (Å²) in [5, 5.41) is 30.2. The number of carbonyl (C=O) groups excluding carboxylic acids is 1. The van der Waals surface area contributed by atoms with E-state index in [0.717, 1.165) is 27.6 Å². The first-order valence-electron chi connectivity index (χ1n) is 14.2. The Morgan fingerprint density at radius 3 is 2.64 bits per heavy atom. The lowest BCUT2D eigenvalue weighted by atomic mass is 9.93. The van der Waals surface area contributed by atoms with Gasteiger partial charge in [0, 0.05) is 74.3 Å². The number of amides is 1. The quantitative estimate of drug-likeness (QED) is 0.151. The van der Waals surface area contributed by atoms with Gasteiger partial charge >= 0.3 is 0 Å². The van der Waals surface area contributed by atoms with Crippen LogP contribution in [0.2, 0.25) is 0 Å². The molecular weight excluding hydrogens is 560 g/mol. The first kappa shape index (κ1) is 30.2. The van der Waals surface area contributed by atoms with Gasteiger partial charge in [-0.3, -0.25) is 24.4 Å². The Bertz CT molecular complexity index is 1910. The molecule has 5 aromatic rings. The van der Waals surface area contributed by atoms with Gasteiger partial charge in [0.25, 0.3) is 11.2 Å². The number of rotatable bonds is 10. The van der Waals surface area contributed by atoms with Gasteiger partial charge in [0.05, 0.1) is 11.1 Å². The summed E-state index contributed by atoms with van der Waals surface area (Å²) in [4.78, 5) is 42.1. The first-order chi connectivity index (χ1) is 21.0. The second-order valence-electron chi connectivity index (χ2n) is 11.1. The van der Waals surface area contributed by atoms with E-state index in [1.807, 2.05) is 50.4 Å². The molecule has 226 valence electrons. The minimum atomic E-state index is -0.849. The number of hydrogen-bond donors (Lipinski definition) is 3. The van der Waals surface area contributed by atoms with Crippen molar-refractivity contribution in [2.45, 2.75) is 32.4 Å². The topological polar surface area (TPSA) is 146 Å². The van der Waals surface area contributed by atoms with E-state index in [1.165, 1.54) is 17.0 Å². The third-order valence-electron chi connectivity index (χ3n) is 7.86. The highest BCUT2D eigenvalue weighted by atomic mass is 16.6. The lowest BCUT2D eigenvalue weighted by Crippen LogP contribution is -2.35. The maximum absolute atomic E-state index is 14.2. The number of nitro groups is 1. The number of H-pyrrole nitrogens is 1. The molecule has 44 heavy (non-hydrogen) atoms. The number of nitrogens with zero attached hydrogens (tertiary/aromatic N) is 4. The van der Waals surface area contributed by atoms with Crippen LogP contribution in [0.1, 0.15) is 41.1 Å². The lowest BCUT2D eigenvalue weighted by molar-refractivity contribution is -0.384. The van der Waals surface area contributed by atoms with Crippen LogP contribution in [0.5, 0.6) is 0 Å². The van der Waals surface area contributed by atoms with Crippen molar-refractivity contribution in [3.8, 4) is 11.1 Å². The van der Waals surface area contributed by atoms with Gasteiger partial charge in [0.2, 0.25) is 5.91 Å². The van der Waals surface area contributed by atoms with E-state index in [4.69, 9.17) is 0 Å². The molecule has 2 aromatic heterocycles. The van der Waals surface area contributed by atoms with Crippen LogP contribution in [0.15, 0.2) is 84.0 Å². The zero-order valence-electron chi connectivity index (χ0n) is 24.9. The number of aromatic amines is 1. The van der Waals surface area contributed by atoms with E-state index in [9.17, 15) is 24.8 Å². The fourth-order valence-corrected chi connectivity index (χ4v) is 5.48. The Kier molecular flexibility index (Phi) is 8.59. The lowest BCUT2D eigenvalue weighted by Gasteiger charge is -2.27. The molecule has 0 saturated heterocycles. The van der Waals surface area contributed by atoms with Crippen molar-refractivity contribution in [2.75, 3.05) is 19.0 Å². The summed E-state index contributed by atoms with van der Waals surface area (Å²) >= 11 is 0. The fourth-order valence-electron chi connectivity index (χ4n) is 5.48. The maximum atomic E-state index is 14.2. The minimum absolute atomic E-state index is 0.00233. The van der Waals surface area contributed by atoms with E-state index in [-0.39, 0.29) is 36.2 Å². The van der Waals surface area contributed by atoms with Crippen molar-refractivity contribution in [1.29, 1.82) is 0 Å². The van der Waals surface area contributed by atoms with Crippen LogP contribution in [-0.2, 0) is 18.4 Å². The summed E-state index contributed by atoms with van der Waals surface area (Å²) in [6.45, 7) is 3.97. The molecule has 5 rings (SSSR count). The Hall–Kier alpha value is -5.29. The van der Waals surface area contributed by atoms with Gasteiger partial charge in [-0.15, -0.1) is 0 Å². The number of non-ortho nitro benzene ring substituents is 1. The Balaban J connectivity index is 1.53. The zero-order valence-corrected chi connectivity index (χ0v) is 24.9. The molecule has 0 fully saturated rings. The highest BCUT2D eigenvalue weighted by Gasteiger charge is 2.27. The van der Waals surface area contributed by atoms with Crippen molar-refractivity contribution >= 4 is 28.1 Å². The van der Waals surface area contributed by atoms with Gasteiger partial charge in [-0.1, -0.05) is 31.2 Å². The predicted octanol–water partition coefficient (Wildman–Crippen LogP) is 5.05. The molecule has 0 aliphatic heterocycles. The molecule has 2 unspecified atom stereocenters. The predicted molar refractivity (Wildman–Crippen MR) is 169 cm³/mol. The number of carbonyl (C=O) groups is 1. The smallest absolute Gasteiger partial charge is 0.269 e. The molecule has 0 aliphatic rings. The van der Waals surface area contributed by atoms with Gasteiger partial charge in [0.1, 0.15) is 6.04 Å². The number of aliphatic hydroxyl groups is 1.